The first kappa shape index (κ1) is 12.0. The fourth-order valence-corrected chi connectivity index (χ4v) is 2.62. The summed E-state index contributed by atoms with van der Waals surface area (Å²) in [7, 11) is 1.97. The Morgan fingerprint density at radius 2 is 2.00 bits per heavy atom. The van der Waals surface area contributed by atoms with Crippen molar-refractivity contribution in [1.29, 1.82) is 0 Å². The van der Waals surface area contributed by atoms with Crippen molar-refractivity contribution in [2.24, 2.45) is 7.05 Å². The summed E-state index contributed by atoms with van der Waals surface area (Å²) in [6, 6.07) is 7.77. The van der Waals surface area contributed by atoms with Crippen LogP contribution in [0.5, 0.6) is 0 Å². The summed E-state index contributed by atoms with van der Waals surface area (Å²) < 4.78 is 3.74. The third-order valence-electron chi connectivity index (χ3n) is 3.74. The molecular formula is C15H17N3O. The molecule has 19 heavy (non-hydrogen) atoms. The van der Waals surface area contributed by atoms with E-state index in [0.29, 0.717) is 5.78 Å². The van der Waals surface area contributed by atoms with E-state index in [-0.39, 0.29) is 5.56 Å². The lowest BCUT2D eigenvalue weighted by atomic mass is 10.1. The Labute approximate surface area is 111 Å². The highest BCUT2D eigenvalue weighted by Gasteiger charge is 2.15. The summed E-state index contributed by atoms with van der Waals surface area (Å²) in [5, 5.41) is 0. The van der Waals surface area contributed by atoms with Crippen molar-refractivity contribution in [3.8, 4) is 0 Å². The molecule has 4 heteroatoms. The quantitative estimate of drug-likeness (QED) is 0.705. The molecule has 3 aromatic rings. The average molecular weight is 255 g/mol. The van der Waals surface area contributed by atoms with Crippen molar-refractivity contribution in [2.45, 2.75) is 26.7 Å². The summed E-state index contributed by atoms with van der Waals surface area (Å²) in [6.45, 7) is 4.08. The molecule has 0 saturated carbocycles. The Morgan fingerprint density at radius 3 is 2.74 bits per heavy atom. The van der Waals surface area contributed by atoms with Gasteiger partial charge < -0.3 is 4.57 Å². The molecule has 0 amide bonds. The van der Waals surface area contributed by atoms with E-state index in [0.717, 1.165) is 35.1 Å². The highest BCUT2D eigenvalue weighted by Crippen LogP contribution is 2.16. The largest absolute Gasteiger partial charge is 0.318 e. The Balaban J connectivity index is 2.56. The molecule has 0 saturated heterocycles. The van der Waals surface area contributed by atoms with Gasteiger partial charge in [0.15, 0.2) is 0 Å². The molecule has 2 heterocycles. The topological polar surface area (TPSA) is 39.3 Å². The predicted octanol–water partition coefficient (Wildman–Crippen LogP) is 2.45. The van der Waals surface area contributed by atoms with Gasteiger partial charge in [0.2, 0.25) is 5.78 Å². The normalized spacial score (nSPS) is 11.5. The number of nitrogens with zero attached hydrogens (tertiary/aromatic N) is 3. The number of imidazole rings is 1. The van der Waals surface area contributed by atoms with Gasteiger partial charge in [-0.3, -0.25) is 4.79 Å². The average Bonchev–Trinajstić information content (AvgIpc) is 2.81. The molecule has 0 aliphatic carbocycles. The van der Waals surface area contributed by atoms with Gasteiger partial charge in [0.1, 0.15) is 0 Å². The van der Waals surface area contributed by atoms with Crippen LogP contribution >= 0.6 is 0 Å². The van der Waals surface area contributed by atoms with Gasteiger partial charge in [0.05, 0.1) is 11.0 Å². The Morgan fingerprint density at radius 1 is 1.26 bits per heavy atom. The second kappa shape index (κ2) is 4.23. The molecule has 2 aromatic heterocycles. The summed E-state index contributed by atoms with van der Waals surface area (Å²) in [5.74, 6) is 0.712. The minimum atomic E-state index is 0.0705. The number of hydrogen-bond donors (Lipinski definition) is 0. The number of benzene rings is 1. The van der Waals surface area contributed by atoms with Crippen LogP contribution < -0.4 is 5.56 Å². The van der Waals surface area contributed by atoms with E-state index in [9.17, 15) is 4.79 Å². The van der Waals surface area contributed by atoms with E-state index < -0.39 is 0 Å². The second-order valence-electron chi connectivity index (χ2n) is 4.91. The molecule has 1 aromatic carbocycles. The summed E-state index contributed by atoms with van der Waals surface area (Å²) >= 11 is 0. The lowest BCUT2D eigenvalue weighted by Crippen LogP contribution is -2.24. The highest BCUT2D eigenvalue weighted by molar-refractivity contribution is 5.79. The third kappa shape index (κ3) is 1.59. The van der Waals surface area contributed by atoms with Crippen molar-refractivity contribution in [2.75, 3.05) is 0 Å². The van der Waals surface area contributed by atoms with Crippen LogP contribution in [0.1, 0.15) is 24.6 Å². The highest BCUT2D eigenvalue weighted by atomic mass is 16.1. The van der Waals surface area contributed by atoms with Gasteiger partial charge in [-0.05, 0) is 25.5 Å². The third-order valence-corrected chi connectivity index (χ3v) is 3.74. The number of aromatic nitrogens is 3. The zero-order valence-corrected chi connectivity index (χ0v) is 11.5. The van der Waals surface area contributed by atoms with Gasteiger partial charge in [-0.15, -0.1) is 0 Å². The van der Waals surface area contributed by atoms with Crippen molar-refractivity contribution >= 4 is 16.8 Å². The van der Waals surface area contributed by atoms with Gasteiger partial charge in [-0.1, -0.05) is 25.5 Å². The van der Waals surface area contributed by atoms with E-state index in [4.69, 9.17) is 0 Å². The number of fused-ring (bicyclic) bond motifs is 3. The fraction of sp³-hybridized carbons (Fsp3) is 0.333. The van der Waals surface area contributed by atoms with Crippen LogP contribution in [-0.4, -0.2) is 14.0 Å². The monoisotopic (exact) mass is 255 g/mol. The standard InChI is InChI=1S/C15H17N3O/c1-4-7-11-10(2)17(3)15-16-12-8-5-6-9-13(12)18(15)14(11)19/h5-6,8-9H,4,7H2,1-3H3. The first-order valence-corrected chi connectivity index (χ1v) is 6.60. The summed E-state index contributed by atoms with van der Waals surface area (Å²) in [5.41, 5.74) is 3.72. The van der Waals surface area contributed by atoms with E-state index in [1.807, 2.05) is 42.8 Å². The second-order valence-corrected chi connectivity index (χ2v) is 4.91. The Kier molecular flexibility index (Phi) is 2.66. The molecule has 0 aliphatic heterocycles. The van der Waals surface area contributed by atoms with E-state index in [1.165, 1.54) is 0 Å². The van der Waals surface area contributed by atoms with Gasteiger partial charge in [0.25, 0.3) is 5.56 Å². The molecule has 0 spiro atoms. The Bertz CT molecular complexity index is 827. The molecule has 98 valence electrons. The molecule has 4 nitrogen and oxygen atoms in total. The van der Waals surface area contributed by atoms with Crippen molar-refractivity contribution in [3.05, 3.63) is 45.9 Å². The molecule has 0 N–H and O–H groups in total. The van der Waals surface area contributed by atoms with E-state index in [1.54, 1.807) is 4.40 Å². The Hall–Kier alpha value is -2.10. The number of hydrogen-bond acceptors (Lipinski definition) is 2. The zero-order valence-electron chi connectivity index (χ0n) is 11.5. The van der Waals surface area contributed by atoms with Crippen molar-refractivity contribution < 1.29 is 0 Å². The van der Waals surface area contributed by atoms with E-state index >= 15 is 0 Å². The molecule has 0 aliphatic rings. The van der Waals surface area contributed by atoms with Gasteiger partial charge in [0, 0.05) is 18.3 Å². The van der Waals surface area contributed by atoms with Crippen molar-refractivity contribution in [1.82, 2.24) is 14.0 Å². The van der Waals surface area contributed by atoms with Gasteiger partial charge in [-0.25, -0.2) is 9.38 Å². The molecule has 0 bridgehead atoms. The van der Waals surface area contributed by atoms with Crippen LogP contribution in [0.2, 0.25) is 0 Å². The first-order chi connectivity index (χ1) is 9.15. The fourth-order valence-electron chi connectivity index (χ4n) is 2.62. The van der Waals surface area contributed by atoms with Crippen LogP contribution in [0.25, 0.3) is 16.8 Å². The minimum absolute atomic E-state index is 0.0705. The van der Waals surface area contributed by atoms with E-state index in [2.05, 4.69) is 11.9 Å². The SMILES string of the molecule is CCCc1c(C)n(C)c2nc3ccccc3n2c1=O. The van der Waals surface area contributed by atoms with Crippen LogP contribution in [0.15, 0.2) is 29.1 Å². The zero-order chi connectivity index (χ0) is 13.6. The van der Waals surface area contributed by atoms with Gasteiger partial charge >= 0.3 is 0 Å². The molecule has 3 rings (SSSR count). The number of rotatable bonds is 2. The first-order valence-electron chi connectivity index (χ1n) is 6.60. The van der Waals surface area contributed by atoms with Crippen molar-refractivity contribution in [3.63, 3.8) is 0 Å². The molecular weight excluding hydrogens is 238 g/mol. The van der Waals surface area contributed by atoms with Crippen LogP contribution in [0, 0.1) is 6.92 Å². The molecule has 0 radical (unpaired) electrons. The van der Waals surface area contributed by atoms with Gasteiger partial charge in [-0.2, -0.15) is 0 Å². The molecule has 0 unspecified atom stereocenters. The number of aryl methyl sites for hydroxylation is 1. The van der Waals surface area contributed by atoms with Crippen LogP contribution in [-0.2, 0) is 13.5 Å². The molecule has 0 fully saturated rings. The summed E-state index contributed by atoms with van der Waals surface area (Å²) in [6.07, 6.45) is 1.77. The minimum Gasteiger partial charge on any atom is -0.318 e. The maximum Gasteiger partial charge on any atom is 0.262 e. The summed E-state index contributed by atoms with van der Waals surface area (Å²) in [4.78, 5) is 17.2. The predicted molar refractivity (Wildman–Crippen MR) is 76.7 cm³/mol. The maximum absolute atomic E-state index is 12.7. The number of para-hydroxylation sites is 2. The smallest absolute Gasteiger partial charge is 0.262 e. The molecule has 0 atom stereocenters. The maximum atomic E-state index is 12.7. The lowest BCUT2D eigenvalue weighted by Gasteiger charge is -2.11. The lowest BCUT2D eigenvalue weighted by molar-refractivity contribution is 0.779. The van der Waals surface area contributed by atoms with Crippen LogP contribution in [0.4, 0.5) is 0 Å². The van der Waals surface area contributed by atoms with Crippen LogP contribution in [0.3, 0.4) is 0 Å².